The van der Waals surface area contributed by atoms with E-state index >= 15 is 0 Å². The Morgan fingerprint density at radius 1 is 0.882 bits per heavy atom. The molecule has 0 radical (unpaired) electrons. The molecule has 0 saturated carbocycles. The second kappa shape index (κ2) is 9.50. The Balaban J connectivity index is 1.37. The molecule has 10 heteroatoms. The van der Waals surface area contributed by atoms with Crippen LogP contribution in [0.15, 0.2) is 60.8 Å². The average Bonchev–Trinajstić information content (AvgIpc) is 2.84. The molecule has 1 aliphatic rings. The van der Waals surface area contributed by atoms with Gasteiger partial charge in [-0.1, -0.05) is 29.8 Å². The van der Waals surface area contributed by atoms with E-state index in [0.717, 1.165) is 21.7 Å². The van der Waals surface area contributed by atoms with Gasteiger partial charge in [-0.15, -0.1) is 0 Å². The summed E-state index contributed by atoms with van der Waals surface area (Å²) in [5.41, 5.74) is 3.97. The maximum absolute atomic E-state index is 12.7. The molecule has 1 aromatic heterocycles. The van der Waals surface area contributed by atoms with Crippen LogP contribution in [0.5, 0.6) is 0 Å². The van der Waals surface area contributed by atoms with Gasteiger partial charge >= 0.3 is 12.1 Å². The van der Waals surface area contributed by atoms with Crippen molar-refractivity contribution in [1.82, 2.24) is 19.8 Å². The summed E-state index contributed by atoms with van der Waals surface area (Å²) < 4.78 is 37.8. The minimum Gasteiger partial charge on any atom is -0.335 e. The van der Waals surface area contributed by atoms with Crippen LogP contribution in [0.3, 0.4) is 0 Å². The highest BCUT2D eigenvalue weighted by Crippen LogP contribution is 2.22. The number of nitrogens with one attached hydrogen (secondary N) is 1. The highest BCUT2D eigenvalue weighted by molar-refractivity contribution is 5.95. The van der Waals surface area contributed by atoms with Gasteiger partial charge in [-0.05, 0) is 37.3 Å². The molecule has 3 aromatic rings. The van der Waals surface area contributed by atoms with Crippen LogP contribution in [0, 0.1) is 6.92 Å². The fourth-order valence-corrected chi connectivity index (χ4v) is 3.60. The molecular formula is C24H22F3N5O2. The van der Waals surface area contributed by atoms with Crippen molar-refractivity contribution in [3.05, 3.63) is 71.9 Å². The second-order valence-corrected chi connectivity index (χ2v) is 7.92. The number of carbonyl (C=O) groups is 2. The maximum atomic E-state index is 12.7. The van der Waals surface area contributed by atoms with Gasteiger partial charge in [0.15, 0.2) is 0 Å². The van der Waals surface area contributed by atoms with Crippen LogP contribution in [0.4, 0.5) is 24.8 Å². The van der Waals surface area contributed by atoms with Gasteiger partial charge in [-0.2, -0.15) is 13.2 Å². The third-order valence-electron chi connectivity index (χ3n) is 5.49. The van der Waals surface area contributed by atoms with Gasteiger partial charge in [0.2, 0.25) is 5.95 Å². The molecule has 0 atom stereocenters. The van der Waals surface area contributed by atoms with Crippen molar-refractivity contribution in [3.8, 4) is 11.3 Å². The molecule has 34 heavy (non-hydrogen) atoms. The van der Waals surface area contributed by atoms with E-state index in [-0.39, 0.29) is 32.1 Å². The Morgan fingerprint density at radius 2 is 1.50 bits per heavy atom. The fourth-order valence-electron chi connectivity index (χ4n) is 3.60. The third kappa shape index (κ3) is 5.33. The minimum absolute atomic E-state index is 0.0420. The molecular weight excluding hydrogens is 447 g/mol. The summed E-state index contributed by atoms with van der Waals surface area (Å²) in [5, 5.41) is 3.11. The number of benzene rings is 2. The first-order valence-electron chi connectivity index (χ1n) is 10.6. The van der Waals surface area contributed by atoms with Crippen LogP contribution in [0.1, 0.15) is 15.9 Å². The lowest BCUT2D eigenvalue weighted by atomic mass is 10.1. The van der Waals surface area contributed by atoms with Crippen molar-refractivity contribution in [2.24, 2.45) is 0 Å². The van der Waals surface area contributed by atoms with E-state index in [4.69, 9.17) is 0 Å². The van der Waals surface area contributed by atoms with Gasteiger partial charge < -0.3 is 15.1 Å². The third-order valence-corrected chi connectivity index (χ3v) is 5.49. The number of aromatic nitrogens is 2. The summed E-state index contributed by atoms with van der Waals surface area (Å²) in [6.45, 7) is 1.79. The topological polar surface area (TPSA) is 78.4 Å². The number of alkyl halides is 3. The predicted octanol–water partition coefficient (Wildman–Crippen LogP) is 4.04. The van der Waals surface area contributed by atoms with E-state index in [1.165, 1.54) is 4.90 Å². The molecule has 176 valence electrons. The molecule has 1 aliphatic heterocycles. The van der Waals surface area contributed by atoms with E-state index in [0.29, 0.717) is 17.2 Å². The van der Waals surface area contributed by atoms with E-state index in [2.05, 4.69) is 15.3 Å². The number of nitrogens with zero attached hydrogens (tertiary/aromatic N) is 4. The largest absolute Gasteiger partial charge is 0.471 e. The minimum atomic E-state index is -4.90. The quantitative estimate of drug-likeness (QED) is 0.624. The Hall–Kier alpha value is -3.95. The SMILES string of the molecule is Cc1ccc(-c2ccnc(Nc3ccc(C(=O)N4CCN(C(=O)C(F)(F)F)CC4)cc3)n2)cc1. The number of halogens is 3. The van der Waals surface area contributed by atoms with Crippen molar-refractivity contribution in [2.45, 2.75) is 13.1 Å². The van der Waals surface area contributed by atoms with Gasteiger partial charge in [0.1, 0.15) is 0 Å². The normalized spacial score (nSPS) is 14.1. The molecule has 0 unspecified atom stereocenters. The molecule has 4 rings (SSSR count). The number of carbonyl (C=O) groups excluding carboxylic acids is 2. The van der Waals surface area contributed by atoms with Gasteiger partial charge in [-0.25, -0.2) is 9.97 Å². The Labute approximate surface area is 194 Å². The number of hydrogen-bond acceptors (Lipinski definition) is 5. The van der Waals surface area contributed by atoms with Gasteiger partial charge in [0, 0.05) is 49.2 Å². The number of aryl methyl sites for hydroxylation is 1. The van der Waals surface area contributed by atoms with Crippen LogP contribution in [0.2, 0.25) is 0 Å². The second-order valence-electron chi connectivity index (χ2n) is 7.92. The predicted molar refractivity (Wildman–Crippen MR) is 120 cm³/mol. The molecule has 0 bridgehead atoms. The van der Waals surface area contributed by atoms with Crippen molar-refractivity contribution >= 4 is 23.5 Å². The molecule has 2 amide bonds. The van der Waals surface area contributed by atoms with Gasteiger partial charge in [0.05, 0.1) is 5.69 Å². The highest BCUT2D eigenvalue weighted by Gasteiger charge is 2.43. The molecule has 1 saturated heterocycles. The molecule has 7 nitrogen and oxygen atoms in total. The summed E-state index contributed by atoms with van der Waals surface area (Å²) in [6, 6.07) is 16.5. The first kappa shape index (κ1) is 23.2. The lowest BCUT2D eigenvalue weighted by Crippen LogP contribution is -2.53. The van der Waals surface area contributed by atoms with Gasteiger partial charge in [0.25, 0.3) is 5.91 Å². The van der Waals surface area contributed by atoms with E-state index < -0.39 is 12.1 Å². The van der Waals surface area contributed by atoms with Crippen LogP contribution >= 0.6 is 0 Å². The van der Waals surface area contributed by atoms with E-state index in [1.54, 1.807) is 30.5 Å². The summed E-state index contributed by atoms with van der Waals surface area (Å²) in [5.74, 6) is -1.77. The fraction of sp³-hybridized carbons (Fsp3) is 0.250. The number of piperazine rings is 1. The maximum Gasteiger partial charge on any atom is 0.471 e. The summed E-state index contributed by atoms with van der Waals surface area (Å²) in [7, 11) is 0. The summed E-state index contributed by atoms with van der Waals surface area (Å²) >= 11 is 0. The van der Waals surface area contributed by atoms with Crippen molar-refractivity contribution in [2.75, 3.05) is 31.5 Å². The zero-order valence-electron chi connectivity index (χ0n) is 18.3. The van der Waals surface area contributed by atoms with E-state index in [1.807, 2.05) is 37.3 Å². The molecule has 0 spiro atoms. The molecule has 2 aromatic carbocycles. The molecule has 2 heterocycles. The number of amides is 2. The first-order valence-corrected chi connectivity index (χ1v) is 10.6. The first-order chi connectivity index (χ1) is 16.2. The van der Waals surface area contributed by atoms with E-state index in [9.17, 15) is 22.8 Å². The number of anilines is 2. The zero-order chi connectivity index (χ0) is 24.3. The molecule has 0 aliphatic carbocycles. The number of rotatable bonds is 4. The Bertz CT molecular complexity index is 1170. The van der Waals surface area contributed by atoms with Crippen molar-refractivity contribution in [3.63, 3.8) is 0 Å². The monoisotopic (exact) mass is 469 g/mol. The highest BCUT2D eigenvalue weighted by atomic mass is 19.4. The molecule has 1 N–H and O–H groups in total. The van der Waals surface area contributed by atoms with Gasteiger partial charge in [-0.3, -0.25) is 9.59 Å². The van der Waals surface area contributed by atoms with Crippen LogP contribution < -0.4 is 5.32 Å². The Kier molecular flexibility index (Phi) is 6.49. The lowest BCUT2D eigenvalue weighted by molar-refractivity contribution is -0.186. The van der Waals surface area contributed by atoms with Crippen LogP contribution in [-0.4, -0.2) is 63.9 Å². The lowest BCUT2D eigenvalue weighted by Gasteiger charge is -2.35. The summed E-state index contributed by atoms with van der Waals surface area (Å²) in [6.07, 6.45) is -3.25. The number of hydrogen-bond donors (Lipinski definition) is 1. The van der Waals surface area contributed by atoms with Crippen LogP contribution in [-0.2, 0) is 4.79 Å². The van der Waals surface area contributed by atoms with Crippen molar-refractivity contribution in [1.29, 1.82) is 0 Å². The van der Waals surface area contributed by atoms with Crippen LogP contribution in [0.25, 0.3) is 11.3 Å². The smallest absolute Gasteiger partial charge is 0.335 e. The summed E-state index contributed by atoms with van der Waals surface area (Å²) in [4.78, 5) is 35.0. The standard InChI is InChI=1S/C24H22F3N5O2/c1-16-2-4-17(5-3-16)20-10-11-28-23(30-20)29-19-8-6-18(7-9-19)21(33)31-12-14-32(15-13-31)22(34)24(25,26)27/h2-11H,12-15H2,1H3,(H,28,29,30). The Morgan fingerprint density at radius 3 is 2.12 bits per heavy atom. The average molecular weight is 469 g/mol. The molecule has 1 fully saturated rings. The van der Waals surface area contributed by atoms with Crippen molar-refractivity contribution < 1.29 is 22.8 Å². The zero-order valence-corrected chi connectivity index (χ0v) is 18.3.